The third-order valence-electron chi connectivity index (χ3n) is 10.4. The number of hydrogen-bond acceptors (Lipinski definition) is 4. The minimum absolute atomic E-state index is 0.135. The molecule has 3 aromatic heterocycles. The molecule has 0 saturated heterocycles. The van der Waals surface area contributed by atoms with Crippen LogP contribution >= 0.6 is 0 Å². The Morgan fingerprint density at radius 2 is 1.00 bits per heavy atom. The number of aromatic nitrogens is 4. The maximum Gasteiger partial charge on any atom is 0.238 e. The van der Waals surface area contributed by atoms with Crippen LogP contribution < -0.4 is 0 Å². The van der Waals surface area contributed by atoms with Crippen LogP contribution in [0.1, 0.15) is 5.48 Å². The average Bonchev–Trinajstić information content (AvgIpc) is 3.87. The fraction of sp³-hybridized carbons (Fsp3) is 0. The van der Waals surface area contributed by atoms with Crippen LogP contribution in [0, 0.1) is 0 Å². The fourth-order valence-electron chi connectivity index (χ4n) is 7.80. The van der Waals surface area contributed by atoms with Crippen molar-refractivity contribution in [2.45, 2.75) is 0 Å². The Labute approximate surface area is 328 Å². The molecule has 5 heteroatoms. The number of rotatable bonds is 6. The summed E-state index contributed by atoms with van der Waals surface area (Å²) in [6.07, 6.45) is 0. The zero-order valence-corrected chi connectivity index (χ0v) is 29.9. The largest absolute Gasteiger partial charge is 0.456 e. The summed E-state index contributed by atoms with van der Waals surface area (Å²) in [6, 6.07) is 55.3. The molecule has 11 rings (SSSR count). The molecule has 0 N–H and O–H groups in total. The second kappa shape index (κ2) is 13.0. The van der Waals surface area contributed by atoms with Crippen molar-refractivity contribution >= 4 is 43.7 Å². The molecule has 5 nitrogen and oxygen atoms in total. The second-order valence-corrected chi connectivity index (χ2v) is 13.7. The summed E-state index contributed by atoms with van der Waals surface area (Å²) < 4.78 is 44.3. The Hall–Kier alpha value is -7.63. The maximum absolute atomic E-state index is 9.39. The molecule has 0 spiro atoms. The van der Waals surface area contributed by atoms with Gasteiger partial charge < -0.3 is 4.42 Å². The van der Waals surface area contributed by atoms with Gasteiger partial charge in [0.15, 0.2) is 11.6 Å². The van der Waals surface area contributed by atoms with Gasteiger partial charge in [0.2, 0.25) is 5.95 Å². The van der Waals surface area contributed by atoms with Gasteiger partial charge in [-0.15, -0.1) is 0 Å². The third kappa shape index (κ3) is 5.29. The van der Waals surface area contributed by atoms with E-state index < -0.39 is 0 Å². The summed E-state index contributed by atoms with van der Waals surface area (Å²) in [5, 5.41) is 3.02. The lowest BCUT2D eigenvalue weighted by atomic mass is 9.93. The third-order valence-corrected chi connectivity index (χ3v) is 10.4. The van der Waals surface area contributed by atoms with Gasteiger partial charge in [-0.05, 0) is 52.1 Å². The van der Waals surface area contributed by atoms with Crippen LogP contribution in [0.25, 0.3) is 106 Å². The Balaban J connectivity index is 1.23. The molecule has 0 bridgehead atoms. The van der Waals surface area contributed by atoms with E-state index in [-0.39, 0.29) is 35.6 Å². The van der Waals surface area contributed by atoms with E-state index in [0.717, 1.165) is 55.3 Å². The highest BCUT2D eigenvalue weighted by molar-refractivity contribution is 6.14. The van der Waals surface area contributed by atoms with Gasteiger partial charge >= 0.3 is 0 Å². The van der Waals surface area contributed by atoms with Crippen molar-refractivity contribution in [2.75, 3.05) is 0 Å². The van der Waals surface area contributed by atoms with Crippen LogP contribution in [-0.2, 0) is 0 Å². The summed E-state index contributed by atoms with van der Waals surface area (Å²) in [4.78, 5) is 15.4. The van der Waals surface area contributed by atoms with Crippen LogP contribution in [0.3, 0.4) is 0 Å². The second-order valence-electron chi connectivity index (χ2n) is 13.7. The van der Waals surface area contributed by atoms with Crippen molar-refractivity contribution in [3.63, 3.8) is 0 Å². The predicted molar refractivity (Wildman–Crippen MR) is 229 cm³/mol. The van der Waals surface area contributed by atoms with E-state index in [1.165, 1.54) is 0 Å². The topological polar surface area (TPSA) is 56.7 Å². The van der Waals surface area contributed by atoms with Gasteiger partial charge in [-0.25, -0.2) is 4.98 Å². The lowest BCUT2D eigenvalue weighted by Crippen LogP contribution is -2.07. The van der Waals surface area contributed by atoms with Crippen molar-refractivity contribution < 1.29 is 9.90 Å². The van der Waals surface area contributed by atoms with Gasteiger partial charge in [-0.2, -0.15) is 9.97 Å². The molecule has 0 fully saturated rings. The van der Waals surface area contributed by atoms with Gasteiger partial charge in [0.1, 0.15) is 11.2 Å². The summed E-state index contributed by atoms with van der Waals surface area (Å²) >= 11 is 0. The number of para-hydroxylation sites is 3. The first-order valence-electron chi connectivity index (χ1n) is 20.5. The van der Waals surface area contributed by atoms with E-state index in [0.29, 0.717) is 39.1 Å². The SMILES string of the molecule is [2H]c1c([2H])c([2H])c2c(c1[2H])c1cccc(-c3ccccc3-c3ccccc3)c1n2-c1nc(-c2ccc(-c3ccccc3)cc2)nc(-c2ccc3c(c2)oc2ccccc23)n1. The number of hydrogen-bond donors (Lipinski definition) is 0. The molecule has 11 aromatic rings. The zero-order chi connectivity index (χ0) is 40.5. The van der Waals surface area contributed by atoms with Crippen LogP contribution in [0.4, 0.5) is 0 Å². The van der Waals surface area contributed by atoms with E-state index in [2.05, 4.69) is 36.4 Å². The first-order chi connectivity index (χ1) is 29.4. The minimum Gasteiger partial charge on any atom is -0.456 e. The molecule has 0 aliphatic carbocycles. The van der Waals surface area contributed by atoms with Crippen LogP contribution in [0.15, 0.2) is 198 Å². The van der Waals surface area contributed by atoms with E-state index in [1.54, 1.807) is 4.57 Å². The highest BCUT2D eigenvalue weighted by atomic mass is 16.3. The lowest BCUT2D eigenvalue weighted by Gasteiger charge is -2.15. The van der Waals surface area contributed by atoms with Crippen molar-refractivity contribution in [1.29, 1.82) is 0 Å². The van der Waals surface area contributed by atoms with Gasteiger partial charge in [0, 0.05) is 38.2 Å². The van der Waals surface area contributed by atoms with Gasteiger partial charge in [-0.3, -0.25) is 4.57 Å². The number of furan rings is 1. The van der Waals surface area contributed by atoms with Crippen molar-refractivity contribution in [2.24, 2.45) is 0 Å². The zero-order valence-electron chi connectivity index (χ0n) is 33.9. The molecule has 0 unspecified atom stereocenters. The number of nitrogens with zero attached hydrogens (tertiary/aromatic N) is 4. The highest BCUT2D eigenvalue weighted by Crippen LogP contribution is 2.41. The molecule has 262 valence electrons. The van der Waals surface area contributed by atoms with Crippen molar-refractivity contribution in [3.8, 4) is 62.1 Å². The smallest absolute Gasteiger partial charge is 0.238 e. The standard InChI is InChI=1S/C51H32N4O/c1-3-14-33(15-4-1)34-26-28-36(29-27-34)49-52-50(37-30-31-42-41-21-10-12-25-46(41)56-47(42)32-37)54-51(53-49)55-45-24-11-9-20-40(45)44-23-13-22-43(48(44)55)39-19-8-7-18-38(39)35-16-5-2-6-17-35/h1-32H/i9D,11D,20D,24D. The Bertz CT molecular complexity index is 3470. The monoisotopic (exact) mass is 720 g/mol. The predicted octanol–water partition coefficient (Wildman–Crippen LogP) is 13.2. The van der Waals surface area contributed by atoms with E-state index in [4.69, 9.17) is 22.1 Å². The molecule has 0 aliphatic rings. The molecule has 0 saturated carbocycles. The molecule has 8 aromatic carbocycles. The van der Waals surface area contributed by atoms with Crippen molar-refractivity contribution in [3.05, 3.63) is 194 Å². The quantitative estimate of drug-likeness (QED) is 0.172. The van der Waals surface area contributed by atoms with E-state index in [1.807, 2.05) is 133 Å². The Kier molecular flexibility index (Phi) is 6.50. The van der Waals surface area contributed by atoms with Gasteiger partial charge in [0.25, 0.3) is 0 Å². The van der Waals surface area contributed by atoms with Gasteiger partial charge in [0.05, 0.1) is 16.5 Å². The fourth-order valence-corrected chi connectivity index (χ4v) is 7.80. The minimum atomic E-state index is -0.343. The maximum atomic E-state index is 9.39. The molecule has 0 radical (unpaired) electrons. The van der Waals surface area contributed by atoms with Crippen LogP contribution in [0.2, 0.25) is 0 Å². The Morgan fingerprint density at radius 1 is 0.411 bits per heavy atom. The van der Waals surface area contributed by atoms with Gasteiger partial charge in [-0.1, -0.05) is 170 Å². The highest BCUT2D eigenvalue weighted by Gasteiger charge is 2.22. The van der Waals surface area contributed by atoms with Crippen LogP contribution in [0.5, 0.6) is 0 Å². The van der Waals surface area contributed by atoms with Crippen molar-refractivity contribution in [1.82, 2.24) is 19.5 Å². The first kappa shape index (κ1) is 27.9. The molecule has 0 aliphatic heterocycles. The summed E-state index contributed by atoms with van der Waals surface area (Å²) in [5.74, 6) is 0.987. The molecule has 56 heavy (non-hydrogen) atoms. The normalized spacial score (nSPS) is 12.6. The molecule has 3 heterocycles. The summed E-state index contributed by atoms with van der Waals surface area (Å²) in [6.45, 7) is 0. The Morgan fingerprint density at radius 3 is 1.82 bits per heavy atom. The van der Waals surface area contributed by atoms with E-state index in [9.17, 15) is 2.74 Å². The summed E-state index contributed by atoms with van der Waals surface area (Å²) in [5.41, 5.74) is 9.75. The molecular weight excluding hydrogens is 685 g/mol. The number of fused-ring (bicyclic) bond motifs is 6. The number of benzene rings is 8. The summed E-state index contributed by atoms with van der Waals surface area (Å²) in [7, 11) is 0. The molecule has 0 amide bonds. The average molecular weight is 721 g/mol. The lowest BCUT2D eigenvalue weighted by molar-refractivity contribution is 0.669. The first-order valence-corrected chi connectivity index (χ1v) is 18.5. The molecule has 0 atom stereocenters. The molecular formula is C51H32N4O. The van der Waals surface area contributed by atoms with Crippen LogP contribution in [-0.4, -0.2) is 19.5 Å². The van der Waals surface area contributed by atoms with E-state index >= 15 is 0 Å².